The van der Waals surface area contributed by atoms with Crippen molar-refractivity contribution in [2.75, 3.05) is 0 Å². The molecule has 80 valence electrons. The Hall–Kier alpha value is -1.78. The zero-order chi connectivity index (χ0) is 11.4. The number of hydrogen-bond acceptors (Lipinski definition) is 2. The van der Waals surface area contributed by atoms with Crippen molar-refractivity contribution in [3.63, 3.8) is 0 Å². The third-order valence-electron chi connectivity index (χ3n) is 1.49. The number of ether oxygens (including phenoxy) is 1. The van der Waals surface area contributed by atoms with Crippen LogP contribution in [0.3, 0.4) is 0 Å². The third-order valence-corrected chi connectivity index (χ3v) is 1.49. The summed E-state index contributed by atoms with van der Waals surface area (Å²) in [6.07, 6.45) is 2.40. The second-order valence-corrected chi connectivity index (χ2v) is 2.62. The van der Waals surface area contributed by atoms with Crippen LogP contribution in [0.2, 0.25) is 0 Å². The smallest absolute Gasteiger partial charge is 0.335 e. The molecule has 5 heteroatoms. The Morgan fingerprint density at radius 1 is 1.20 bits per heavy atom. The van der Waals surface area contributed by atoms with Gasteiger partial charge in [-0.05, 0) is 6.92 Å². The van der Waals surface area contributed by atoms with Crippen LogP contribution < -0.4 is 4.74 Å². The van der Waals surface area contributed by atoms with Crippen molar-refractivity contribution >= 4 is 5.97 Å². The van der Waals surface area contributed by atoms with Gasteiger partial charge >= 0.3 is 5.97 Å². The quantitative estimate of drug-likeness (QED) is 0.328. The van der Waals surface area contributed by atoms with Crippen LogP contribution in [0.4, 0.5) is 13.2 Å². The molecule has 0 atom stereocenters. The summed E-state index contributed by atoms with van der Waals surface area (Å²) >= 11 is 0. The van der Waals surface area contributed by atoms with E-state index < -0.39 is 29.2 Å². The SMILES string of the molecule is CC=CC(=O)Oc1cc(F)c(F)cc1F. The van der Waals surface area contributed by atoms with Gasteiger partial charge in [-0.3, -0.25) is 0 Å². The lowest BCUT2D eigenvalue weighted by atomic mass is 10.3. The molecule has 0 aliphatic carbocycles. The van der Waals surface area contributed by atoms with Crippen molar-refractivity contribution in [1.82, 2.24) is 0 Å². The number of carbonyl (C=O) groups excluding carboxylic acids is 1. The highest BCUT2D eigenvalue weighted by atomic mass is 19.2. The lowest BCUT2D eigenvalue weighted by molar-refractivity contribution is -0.129. The molecule has 0 heterocycles. The molecule has 0 amide bonds. The Kier molecular flexibility index (Phi) is 3.49. The molecule has 2 nitrogen and oxygen atoms in total. The molecular weight excluding hydrogens is 209 g/mol. The van der Waals surface area contributed by atoms with E-state index in [1.165, 1.54) is 6.08 Å². The highest BCUT2D eigenvalue weighted by Gasteiger charge is 2.12. The maximum Gasteiger partial charge on any atom is 0.335 e. The second kappa shape index (κ2) is 4.63. The van der Waals surface area contributed by atoms with E-state index in [0.717, 1.165) is 6.08 Å². The molecule has 0 radical (unpaired) electrons. The zero-order valence-corrected chi connectivity index (χ0v) is 7.76. The van der Waals surface area contributed by atoms with Gasteiger partial charge in [0.05, 0.1) is 0 Å². The molecule has 1 aromatic rings. The largest absolute Gasteiger partial charge is 0.420 e. The lowest BCUT2D eigenvalue weighted by Gasteiger charge is -2.03. The molecule has 0 aromatic heterocycles. The summed E-state index contributed by atoms with van der Waals surface area (Å²) in [5.41, 5.74) is 0. The monoisotopic (exact) mass is 216 g/mol. The minimum atomic E-state index is -1.33. The van der Waals surface area contributed by atoms with Crippen molar-refractivity contribution in [2.24, 2.45) is 0 Å². The summed E-state index contributed by atoms with van der Waals surface area (Å²) in [7, 11) is 0. The summed E-state index contributed by atoms with van der Waals surface area (Å²) in [4.78, 5) is 10.9. The van der Waals surface area contributed by atoms with Crippen molar-refractivity contribution in [3.8, 4) is 5.75 Å². The summed E-state index contributed by atoms with van der Waals surface area (Å²) in [5, 5.41) is 0. The average Bonchev–Trinajstić information content (AvgIpc) is 2.14. The van der Waals surface area contributed by atoms with Crippen LogP contribution in [-0.2, 0) is 4.79 Å². The minimum Gasteiger partial charge on any atom is -0.420 e. The van der Waals surface area contributed by atoms with Gasteiger partial charge in [0.1, 0.15) is 0 Å². The minimum absolute atomic E-state index is 0.313. The topological polar surface area (TPSA) is 26.3 Å². The second-order valence-electron chi connectivity index (χ2n) is 2.62. The Bertz CT molecular complexity index is 413. The predicted molar refractivity (Wildman–Crippen MR) is 46.8 cm³/mol. The highest BCUT2D eigenvalue weighted by Crippen LogP contribution is 2.20. The summed E-state index contributed by atoms with van der Waals surface area (Å²) < 4.78 is 42.5. The molecule has 0 aliphatic rings. The van der Waals surface area contributed by atoms with E-state index in [2.05, 4.69) is 4.74 Å². The molecule has 1 rings (SSSR count). The van der Waals surface area contributed by atoms with Gasteiger partial charge in [-0.15, -0.1) is 0 Å². The molecule has 0 saturated heterocycles. The van der Waals surface area contributed by atoms with Gasteiger partial charge in [-0.25, -0.2) is 18.0 Å². The first-order chi connectivity index (χ1) is 7.04. The summed E-state index contributed by atoms with van der Waals surface area (Å²) in [5.74, 6) is -5.25. The molecule has 0 saturated carbocycles. The molecule has 0 aliphatic heterocycles. The van der Waals surface area contributed by atoms with E-state index >= 15 is 0 Å². The third kappa shape index (κ3) is 2.83. The first kappa shape index (κ1) is 11.3. The first-order valence-corrected chi connectivity index (χ1v) is 4.03. The van der Waals surface area contributed by atoms with Gasteiger partial charge in [0.2, 0.25) is 0 Å². The standard InChI is InChI=1S/C10H7F3O2/c1-2-3-10(14)15-9-5-7(12)6(11)4-8(9)13/h2-5H,1H3. The molecular formula is C10H7F3O2. The number of rotatable bonds is 2. The maximum absolute atomic E-state index is 12.9. The number of hydrogen-bond donors (Lipinski definition) is 0. The van der Waals surface area contributed by atoms with E-state index in [1.807, 2.05) is 0 Å². The Balaban J connectivity index is 2.95. The van der Waals surface area contributed by atoms with Crippen LogP contribution >= 0.6 is 0 Å². The van der Waals surface area contributed by atoms with Crippen molar-refractivity contribution in [2.45, 2.75) is 6.92 Å². The predicted octanol–water partition coefficient (Wildman–Crippen LogP) is 2.59. The van der Waals surface area contributed by atoms with Crippen LogP contribution in [0.25, 0.3) is 0 Å². The number of allylic oxidation sites excluding steroid dienone is 1. The number of halogens is 3. The van der Waals surface area contributed by atoms with E-state index in [-0.39, 0.29) is 0 Å². The summed E-state index contributed by atoms with van der Waals surface area (Å²) in [6.45, 7) is 1.56. The fourth-order valence-corrected chi connectivity index (χ4v) is 0.861. The van der Waals surface area contributed by atoms with Gasteiger partial charge in [0, 0.05) is 18.2 Å². The van der Waals surface area contributed by atoms with Gasteiger partial charge in [-0.1, -0.05) is 6.08 Å². The molecule has 0 spiro atoms. The summed E-state index contributed by atoms with van der Waals surface area (Å²) in [6, 6.07) is 0.791. The van der Waals surface area contributed by atoms with Gasteiger partial charge in [-0.2, -0.15) is 0 Å². The fraction of sp³-hybridized carbons (Fsp3) is 0.100. The van der Waals surface area contributed by atoms with Crippen LogP contribution in [0, 0.1) is 17.5 Å². The average molecular weight is 216 g/mol. The molecule has 15 heavy (non-hydrogen) atoms. The molecule has 0 fully saturated rings. The van der Waals surface area contributed by atoms with Crippen LogP contribution in [0.15, 0.2) is 24.3 Å². The van der Waals surface area contributed by atoms with Crippen LogP contribution in [-0.4, -0.2) is 5.97 Å². The van der Waals surface area contributed by atoms with Crippen molar-refractivity contribution in [1.29, 1.82) is 0 Å². The zero-order valence-electron chi connectivity index (χ0n) is 7.76. The van der Waals surface area contributed by atoms with Gasteiger partial charge in [0.15, 0.2) is 23.2 Å². The van der Waals surface area contributed by atoms with Gasteiger partial charge < -0.3 is 4.74 Å². The van der Waals surface area contributed by atoms with Crippen molar-refractivity contribution < 1.29 is 22.7 Å². The Morgan fingerprint density at radius 3 is 2.40 bits per heavy atom. The fourth-order valence-electron chi connectivity index (χ4n) is 0.861. The molecule has 0 bridgehead atoms. The number of benzene rings is 1. The van der Waals surface area contributed by atoms with E-state index in [1.54, 1.807) is 6.92 Å². The van der Waals surface area contributed by atoms with Crippen LogP contribution in [0.5, 0.6) is 5.75 Å². The normalized spacial score (nSPS) is 10.7. The number of carbonyl (C=O) groups is 1. The van der Waals surface area contributed by atoms with E-state index in [0.29, 0.717) is 12.1 Å². The number of esters is 1. The highest BCUT2D eigenvalue weighted by molar-refractivity contribution is 5.83. The van der Waals surface area contributed by atoms with Gasteiger partial charge in [0.25, 0.3) is 0 Å². The Labute approximate surface area is 84.0 Å². The molecule has 1 aromatic carbocycles. The lowest BCUT2D eigenvalue weighted by Crippen LogP contribution is -2.06. The Morgan fingerprint density at radius 2 is 1.80 bits per heavy atom. The van der Waals surface area contributed by atoms with E-state index in [9.17, 15) is 18.0 Å². The van der Waals surface area contributed by atoms with Crippen molar-refractivity contribution in [3.05, 3.63) is 41.7 Å². The first-order valence-electron chi connectivity index (χ1n) is 4.03. The van der Waals surface area contributed by atoms with Crippen LogP contribution in [0.1, 0.15) is 6.92 Å². The maximum atomic E-state index is 12.9. The molecule has 0 N–H and O–H groups in total. The van der Waals surface area contributed by atoms with E-state index in [4.69, 9.17) is 0 Å². The molecule has 0 unspecified atom stereocenters.